The number of rotatable bonds is 5. The number of imide groups is 1. The van der Waals surface area contributed by atoms with Crippen molar-refractivity contribution in [1.29, 1.82) is 0 Å². The summed E-state index contributed by atoms with van der Waals surface area (Å²) in [5.74, 6) is -0.805. The van der Waals surface area contributed by atoms with Gasteiger partial charge in [0.2, 0.25) is 11.8 Å². The molecule has 0 aromatic heterocycles. The van der Waals surface area contributed by atoms with Crippen LogP contribution in [0.15, 0.2) is 42.5 Å². The third-order valence-corrected chi connectivity index (χ3v) is 6.86. The van der Waals surface area contributed by atoms with E-state index in [4.69, 9.17) is 5.73 Å². The fourth-order valence-electron chi connectivity index (χ4n) is 4.89. The zero-order valence-electron chi connectivity index (χ0n) is 18.5. The largest absolute Gasteiger partial charge is 0.381 e. The lowest BCUT2D eigenvalue weighted by atomic mass is 10.0. The van der Waals surface area contributed by atoms with Crippen LogP contribution in [0.3, 0.4) is 0 Å². The van der Waals surface area contributed by atoms with Gasteiger partial charge in [-0.3, -0.25) is 19.7 Å². The lowest BCUT2D eigenvalue weighted by Gasteiger charge is -2.32. The van der Waals surface area contributed by atoms with E-state index in [9.17, 15) is 14.4 Å². The lowest BCUT2D eigenvalue weighted by molar-refractivity contribution is -0.136. The molecule has 172 valence electrons. The second kappa shape index (κ2) is 8.86. The molecule has 2 aromatic carbocycles. The molecule has 1 unspecified atom stereocenters. The van der Waals surface area contributed by atoms with Crippen LogP contribution in [0.4, 0.5) is 11.4 Å². The second-order valence-corrected chi connectivity index (χ2v) is 9.12. The molecule has 0 radical (unpaired) electrons. The van der Waals surface area contributed by atoms with Crippen LogP contribution in [0.5, 0.6) is 0 Å². The number of benzene rings is 2. The molecule has 0 aliphatic carbocycles. The van der Waals surface area contributed by atoms with E-state index in [1.807, 2.05) is 18.2 Å². The third kappa shape index (κ3) is 4.43. The Morgan fingerprint density at radius 2 is 1.76 bits per heavy atom. The highest BCUT2D eigenvalue weighted by atomic mass is 16.2. The summed E-state index contributed by atoms with van der Waals surface area (Å²) >= 11 is 0. The van der Waals surface area contributed by atoms with Crippen LogP contribution < -0.4 is 21.3 Å². The molecule has 0 bridgehead atoms. The summed E-state index contributed by atoms with van der Waals surface area (Å²) in [4.78, 5) is 40.4. The number of carbonyl (C=O) groups is 3. The minimum Gasteiger partial charge on any atom is -0.381 e. The first kappa shape index (κ1) is 21.5. The standard InChI is InChI=1S/C25H29N5O3/c26-18-9-11-29(12-10-18)20-4-2-19(3-5-20)27-14-16-1-6-21-17(13-16)15-30(25(21)33)22-7-8-23(31)28-24(22)32/h1-6,13,18,22,27H,7-12,14-15,26H2,(H,28,31,32). The molecule has 33 heavy (non-hydrogen) atoms. The number of nitrogens with two attached hydrogens (primary N) is 1. The molecule has 0 spiro atoms. The van der Waals surface area contributed by atoms with E-state index in [0.717, 1.165) is 42.7 Å². The zero-order chi connectivity index (χ0) is 22.9. The number of nitrogens with one attached hydrogen (secondary N) is 2. The number of carbonyl (C=O) groups excluding carboxylic acids is 3. The second-order valence-electron chi connectivity index (χ2n) is 9.12. The third-order valence-electron chi connectivity index (χ3n) is 6.86. The molecular weight excluding hydrogens is 418 g/mol. The zero-order valence-corrected chi connectivity index (χ0v) is 18.5. The Morgan fingerprint density at radius 3 is 2.48 bits per heavy atom. The van der Waals surface area contributed by atoms with E-state index in [1.54, 1.807) is 4.90 Å². The van der Waals surface area contributed by atoms with Gasteiger partial charge in [-0.2, -0.15) is 0 Å². The van der Waals surface area contributed by atoms with E-state index in [-0.39, 0.29) is 24.1 Å². The molecule has 2 saturated heterocycles. The topological polar surface area (TPSA) is 108 Å². The minimum atomic E-state index is -0.585. The van der Waals surface area contributed by atoms with Gasteiger partial charge in [0.25, 0.3) is 5.91 Å². The van der Waals surface area contributed by atoms with Gasteiger partial charge in [0.15, 0.2) is 0 Å². The smallest absolute Gasteiger partial charge is 0.255 e. The van der Waals surface area contributed by atoms with E-state index >= 15 is 0 Å². The van der Waals surface area contributed by atoms with Gasteiger partial charge in [0.1, 0.15) is 6.04 Å². The predicted molar refractivity (Wildman–Crippen MR) is 126 cm³/mol. The predicted octanol–water partition coefficient (Wildman–Crippen LogP) is 1.99. The fourth-order valence-corrected chi connectivity index (χ4v) is 4.89. The summed E-state index contributed by atoms with van der Waals surface area (Å²) in [7, 11) is 0. The maximum atomic E-state index is 12.8. The van der Waals surface area contributed by atoms with Crippen molar-refractivity contribution >= 4 is 29.1 Å². The monoisotopic (exact) mass is 447 g/mol. The number of fused-ring (bicyclic) bond motifs is 1. The van der Waals surface area contributed by atoms with E-state index < -0.39 is 6.04 Å². The van der Waals surface area contributed by atoms with E-state index in [0.29, 0.717) is 31.1 Å². The normalized spacial score (nSPS) is 21.2. The van der Waals surface area contributed by atoms with Gasteiger partial charge in [-0.1, -0.05) is 12.1 Å². The van der Waals surface area contributed by atoms with Gasteiger partial charge in [0.05, 0.1) is 0 Å². The fraction of sp³-hybridized carbons (Fsp3) is 0.400. The molecule has 3 amide bonds. The quantitative estimate of drug-likeness (QED) is 0.605. The molecule has 0 saturated carbocycles. The number of piperidine rings is 2. The van der Waals surface area contributed by atoms with Crippen LogP contribution in [0, 0.1) is 0 Å². The van der Waals surface area contributed by atoms with Crippen molar-refractivity contribution in [1.82, 2.24) is 10.2 Å². The summed E-state index contributed by atoms with van der Waals surface area (Å²) in [6, 6.07) is 14.0. The molecule has 1 atom stereocenters. The van der Waals surface area contributed by atoms with Crippen molar-refractivity contribution in [2.75, 3.05) is 23.3 Å². The highest BCUT2D eigenvalue weighted by Gasteiger charge is 2.39. The number of nitrogens with zero attached hydrogens (tertiary/aromatic N) is 2. The molecule has 5 rings (SSSR count). The van der Waals surface area contributed by atoms with Gasteiger partial charge in [-0.25, -0.2) is 0 Å². The number of anilines is 2. The molecule has 4 N–H and O–H groups in total. The van der Waals surface area contributed by atoms with Crippen LogP contribution in [-0.2, 0) is 22.7 Å². The molecule has 2 fully saturated rings. The molecule has 8 heteroatoms. The first-order valence-corrected chi connectivity index (χ1v) is 11.6. The van der Waals surface area contributed by atoms with Crippen molar-refractivity contribution in [2.24, 2.45) is 5.73 Å². The molecule has 3 aliphatic heterocycles. The van der Waals surface area contributed by atoms with Crippen LogP contribution in [-0.4, -0.2) is 47.8 Å². The van der Waals surface area contributed by atoms with E-state index in [2.05, 4.69) is 39.8 Å². The van der Waals surface area contributed by atoms with E-state index in [1.165, 1.54) is 5.69 Å². The van der Waals surface area contributed by atoms with Gasteiger partial charge in [-0.05, 0) is 60.7 Å². The average molecular weight is 448 g/mol. The Kier molecular flexibility index (Phi) is 5.76. The summed E-state index contributed by atoms with van der Waals surface area (Å²) < 4.78 is 0. The Morgan fingerprint density at radius 1 is 1.00 bits per heavy atom. The summed E-state index contributed by atoms with van der Waals surface area (Å²) in [5.41, 5.74) is 10.9. The maximum absolute atomic E-state index is 12.8. The Hall–Kier alpha value is -3.39. The van der Waals surface area contributed by atoms with Crippen molar-refractivity contribution in [2.45, 2.75) is 50.9 Å². The summed E-state index contributed by atoms with van der Waals surface area (Å²) in [5, 5.41) is 5.79. The van der Waals surface area contributed by atoms with Crippen LogP contribution in [0.2, 0.25) is 0 Å². The lowest BCUT2D eigenvalue weighted by Crippen LogP contribution is -2.52. The number of amides is 3. The molecule has 2 aromatic rings. The Bertz CT molecular complexity index is 1080. The van der Waals surface area contributed by atoms with Crippen molar-refractivity contribution in [3.8, 4) is 0 Å². The van der Waals surface area contributed by atoms with Crippen LogP contribution in [0.1, 0.15) is 47.2 Å². The minimum absolute atomic E-state index is 0.145. The van der Waals surface area contributed by atoms with Gasteiger partial charge >= 0.3 is 0 Å². The average Bonchev–Trinajstić information content (AvgIpc) is 3.14. The molecule has 3 aliphatic rings. The first-order valence-electron chi connectivity index (χ1n) is 11.6. The number of hydrogen-bond acceptors (Lipinski definition) is 6. The Labute approximate surface area is 193 Å². The number of hydrogen-bond donors (Lipinski definition) is 3. The van der Waals surface area contributed by atoms with Crippen molar-refractivity contribution in [3.63, 3.8) is 0 Å². The summed E-state index contributed by atoms with van der Waals surface area (Å²) in [6.07, 6.45) is 2.69. The molecule has 8 nitrogen and oxygen atoms in total. The van der Waals surface area contributed by atoms with Crippen LogP contribution >= 0.6 is 0 Å². The Balaban J connectivity index is 1.20. The summed E-state index contributed by atoms with van der Waals surface area (Å²) in [6.45, 7) is 3.02. The highest BCUT2D eigenvalue weighted by Crippen LogP contribution is 2.28. The first-order chi connectivity index (χ1) is 16.0. The van der Waals surface area contributed by atoms with Gasteiger partial charge in [0, 0.05) is 55.6 Å². The SMILES string of the molecule is NC1CCN(c2ccc(NCc3ccc4c(c3)CN(C3CCC(=O)NC3=O)C4=O)cc2)CC1. The maximum Gasteiger partial charge on any atom is 0.255 e. The van der Waals surface area contributed by atoms with Crippen molar-refractivity contribution < 1.29 is 14.4 Å². The van der Waals surface area contributed by atoms with Crippen molar-refractivity contribution in [3.05, 3.63) is 59.2 Å². The van der Waals surface area contributed by atoms with Crippen LogP contribution in [0.25, 0.3) is 0 Å². The molecular formula is C25H29N5O3. The van der Waals surface area contributed by atoms with Gasteiger partial charge < -0.3 is 20.9 Å². The highest BCUT2D eigenvalue weighted by molar-refractivity contribution is 6.05. The van der Waals surface area contributed by atoms with Gasteiger partial charge in [-0.15, -0.1) is 0 Å². The molecule has 3 heterocycles.